The lowest BCUT2D eigenvalue weighted by Crippen LogP contribution is -2.58. The third-order valence-electron chi connectivity index (χ3n) is 7.59. The van der Waals surface area contributed by atoms with Crippen molar-refractivity contribution in [2.45, 2.75) is 37.8 Å². The summed E-state index contributed by atoms with van der Waals surface area (Å²) in [5, 5.41) is 15.9. The minimum Gasteiger partial charge on any atom is -0.390 e. The van der Waals surface area contributed by atoms with Gasteiger partial charge in [0, 0.05) is 57.8 Å². The first-order valence-corrected chi connectivity index (χ1v) is 12.9. The largest absolute Gasteiger partial charge is 0.390 e. The molecule has 4 aromatic heterocycles. The summed E-state index contributed by atoms with van der Waals surface area (Å²) >= 11 is 0. The molecule has 0 aliphatic heterocycles. The second kappa shape index (κ2) is 8.49. The lowest BCUT2D eigenvalue weighted by Gasteiger charge is -2.49. The zero-order valence-electron chi connectivity index (χ0n) is 21.7. The Morgan fingerprint density at radius 1 is 0.872 bits per heavy atom. The number of fused-ring (bicyclic) bond motifs is 3. The number of hydrogen-bond donors (Lipinski definition) is 2. The zero-order chi connectivity index (χ0) is 26.8. The first-order chi connectivity index (χ1) is 18.8. The lowest BCUT2D eigenvalue weighted by molar-refractivity contribution is -0.0738. The molecule has 192 valence electrons. The number of aromatic nitrogens is 6. The summed E-state index contributed by atoms with van der Waals surface area (Å²) in [5.41, 5.74) is 14.2. The van der Waals surface area contributed by atoms with Crippen LogP contribution in [-0.2, 0) is 5.54 Å². The summed E-state index contributed by atoms with van der Waals surface area (Å²) in [6.07, 6.45) is 8.10. The van der Waals surface area contributed by atoms with Crippen LogP contribution in [0.25, 0.3) is 50.2 Å². The van der Waals surface area contributed by atoms with Crippen LogP contribution in [0.5, 0.6) is 0 Å². The molecule has 1 fully saturated rings. The Morgan fingerprint density at radius 3 is 2.28 bits per heavy atom. The average molecular weight is 514 g/mol. The van der Waals surface area contributed by atoms with Crippen LogP contribution in [-0.4, -0.2) is 40.3 Å². The second-order valence-corrected chi connectivity index (χ2v) is 10.8. The molecule has 39 heavy (non-hydrogen) atoms. The molecule has 1 saturated carbocycles. The van der Waals surface area contributed by atoms with E-state index >= 15 is 0 Å². The molecule has 1 aliphatic rings. The molecule has 7 rings (SSSR count). The van der Waals surface area contributed by atoms with Gasteiger partial charge in [-0.25, -0.2) is 19.9 Å². The zero-order valence-corrected chi connectivity index (χ0v) is 21.7. The van der Waals surface area contributed by atoms with Crippen LogP contribution in [0, 0.1) is 6.92 Å². The maximum absolute atomic E-state index is 10.3. The van der Waals surface area contributed by atoms with E-state index in [0.717, 1.165) is 55.8 Å². The van der Waals surface area contributed by atoms with Crippen LogP contribution in [0.3, 0.4) is 0 Å². The molecule has 0 spiro atoms. The summed E-state index contributed by atoms with van der Waals surface area (Å²) < 4.78 is 1.80. The van der Waals surface area contributed by atoms with Crippen molar-refractivity contribution in [1.29, 1.82) is 0 Å². The Balaban J connectivity index is 1.54. The van der Waals surface area contributed by atoms with Gasteiger partial charge in [0.1, 0.15) is 6.33 Å². The highest BCUT2D eigenvalue weighted by Crippen LogP contribution is 2.47. The first-order valence-electron chi connectivity index (χ1n) is 12.9. The molecule has 8 nitrogen and oxygen atoms in total. The van der Waals surface area contributed by atoms with Crippen LogP contribution in [0.2, 0.25) is 0 Å². The van der Waals surface area contributed by atoms with Gasteiger partial charge >= 0.3 is 0 Å². The van der Waals surface area contributed by atoms with E-state index in [4.69, 9.17) is 20.8 Å². The average Bonchev–Trinajstić information content (AvgIpc) is 3.32. The minimum atomic E-state index is -0.720. The molecule has 0 unspecified atom stereocenters. The smallest absolute Gasteiger partial charge is 0.165 e. The molecule has 0 radical (unpaired) electrons. The maximum atomic E-state index is 10.3. The summed E-state index contributed by atoms with van der Waals surface area (Å²) in [7, 11) is 0. The molecule has 4 heterocycles. The Labute approximate surface area is 225 Å². The molecule has 0 amide bonds. The fourth-order valence-electron chi connectivity index (χ4n) is 6.03. The van der Waals surface area contributed by atoms with Crippen molar-refractivity contribution < 1.29 is 5.11 Å². The number of aryl methyl sites for hydroxylation is 1. The van der Waals surface area contributed by atoms with E-state index in [1.165, 1.54) is 6.33 Å². The van der Waals surface area contributed by atoms with E-state index < -0.39 is 11.1 Å². The Bertz CT molecular complexity index is 1840. The summed E-state index contributed by atoms with van der Waals surface area (Å²) in [4.78, 5) is 18.6. The van der Waals surface area contributed by atoms with Gasteiger partial charge in [-0.3, -0.25) is 0 Å². The van der Waals surface area contributed by atoms with Crippen molar-refractivity contribution in [2.75, 3.05) is 0 Å². The predicted octanol–water partition coefficient (Wildman–Crippen LogP) is 5.08. The van der Waals surface area contributed by atoms with Gasteiger partial charge in [-0.1, -0.05) is 54.6 Å². The highest BCUT2D eigenvalue weighted by Gasteiger charge is 2.49. The molecule has 1 aliphatic carbocycles. The summed E-state index contributed by atoms with van der Waals surface area (Å²) in [6, 6.07) is 20.4. The molecule has 2 aromatic carbocycles. The van der Waals surface area contributed by atoms with Gasteiger partial charge in [-0.15, -0.1) is 0 Å². The second-order valence-electron chi connectivity index (χ2n) is 10.8. The molecule has 8 heteroatoms. The summed E-state index contributed by atoms with van der Waals surface area (Å²) in [5.74, 6) is 0. The number of pyridine rings is 1. The van der Waals surface area contributed by atoms with Crippen molar-refractivity contribution in [1.82, 2.24) is 29.5 Å². The Morgan fingerprint density at radius 2 is 1.59 bits per heavy atom. The number of aliphatic hydroxyl groups is 1. The van der Waals surface area contributed by atoms with Gasteiger partial charge in [0.2, 0.25) is 0 Å². The monoisotopic (exact) mass is 513 g/mol. The van der Waals surface area contributed by atoms with Crippen molar-refractivity contribution in [2.24, 2.45) is 5.73 Å². The minimum absolute atomic E-state index is 0.530. The number of nitrogens with two attached hydrogens (primary N) is 1. The van der Waals surface area contributed by atoms with E-state index in [2.05, 4.69) is 46.4 Å². The Hall–Kier alpha value is -4.53. The maximum Gasteiger partial charge on any atom is 0.165 e. The highest BCUT2D eigenvalue weighted by atomic mass is 16.3. The van der Waals surface area contributed by atoms with Crippen molar-refractivity contribution in [3.05, 3.63) is 96.8 Å². The van der Waals surface area contributed by atoms with Gasteiger partial charge < -0.3 is 10.8 Å². The third kappa shape index (κ3) is 3.88. The lowest BCUT2D eigenvalue weighted by atomic mass is 9.63. The van der Waals surface area contributed by atoms with Gasteiger partial charge in [-0.05, 0) is 37.8 Å². The van der Waals surface area contributed by atoms with Gasteiger partial charge in [0.25, 0.3) is 0 Å². The third-order valence-corrected chi connectivity index (χ3v) is 7.59. The molecule has 3 N–H and O–H groups in total. The van der Waals surface area contributed by atoms with Gasteiger partial charge in [0.05, 0.1) is 17.0 Å². The fraction of sp³-hybridized carbons (Fsp3) is 0.194. The van der Waals surface area contributed by atoms with Crippen LogP contribution in [0.1, 0.15) is 31.0 Å². The summed E-state index contributed by atoms with van der Waals surface area (Å²) in [6.45, 7) is 3.78. The number of nitrogens with zero attached hydrogens (tertiary/aromatic N) is 6. The van der Waals surface area contributed by atoms with E-state index in [0.29, 0.717) is 18.5 Å². The van der Waals surface area contributed by atoms with Crippen molar-refractivity contribution in [3.8, 4) is 33.5 Å². The van der Waals surface area contributed by atoms with Crippen LogP contribution in [0.15, 0.2) is 85.6 Å². The highest BCUT2D eigenvalue weighted by molar-refractivity contribution is 6.06. The Kier molecular flexibility index (Phi) is 5.13. The van der Waals surface area contributed by atoms with E-state index in [1.54, 1.807) is 4.52 Å². The van der Waals surface area contributed by atoms with E-state index in [9.17, 15) is 5.11 Å². The SMILES string of the molecule is Cc1cc2ncc3c(-c4cncnc4)c(-c4ccccc4)c(-c4ccc([C@]5(N)C[C@](C)(O)C5)cc4)nc3n2n1. The quantitative estimate of drug-likeness (QED) is 0.338. The van der Waals surface area contributed by atoms with Crippen LogP contribution in [0.4, 0.5) is 0 Å². The fourth-order valence-corrected chi connectivity index (χ4v) is 6.03. The molecular formula is C31H27N7O. The predicted molar refractivity (Wildman–Crippen MR) is 151 cm³/mol. The normalized spacial score (nSPS) is 20.8. The molecule has 0 atom stereocenters. The van der Waals surface area contributed by atoms with E-state index in [1.807, 2.05) is 56.7 Å². The van der Waals surface area contributed by atoms with E-state index in [-0.39, 0.29) is 0 Å². The first kappa shape index (κ1) is 23.6. The molecular weight excluding hydrogens is 486 g/mol. The number of hydrogen-bond acceptors (Lipinski definition) is 7. The van der Waals surface area contributed by atoms with Gasteiger partial charge in [-0.2, -0.15) is 9.61 Å². The topological polar surface area (TPSA) is 115 Å². The molecule has 0 saturated heterocycles. The van der Waals surface area contributed by atoms with Gasteiger partial charge in [0.15, 0.2) is 11.3 Å². The molecule has 0 bridgehead atoms. The van der Waals surface area contributed by atoms with Crippen molar-refractivity contribution >= 4 is 16.7 Å². The number of rotatable bonds is 4. The number of benzene rings is 2. The van der Waals surface area contributed by atoms with Crippen LogP contribution >= 0.6 is 0 Å². The van der Waals surface area contributed by atoms with Crippen molar-refractivity contribution in [3.63, 3.8) is 0 Å². The van der Waals surface area contributed by atoms with Crippen LogP contribution < -0.4 is 5.73 Å². The standard InChI is InChI=1S/C31H27N7O/c1-19-12-25-35-15-24-26(22-13-33-18-34-14-22)27(20-6-4-3-5-7-20)28(36-29(24)38(25)37-19)21-8-10-23(11-9-21)31(32)16-30(2,39)17-31/h3-15,18,39H,16-17,32H2,1-2H3/t30-,31-. The molecule has 6 aromatic rings.